The van der Waals surface area contributed by atoms with Crippen LogP contribution in [0.2, 0.25) is 0 Å². The van der Waals surface area contributed by atoms with Gasteiger partial charge in [-0.1, -0.05) is 78.5 Å². The van der Waals surface area contributed by atoms with E-state index < -0.39 is 12.1 Å². The van der Waals surface area contributed by atoms with Crippen molar-refractivity contribution in [1.29, 1.82) is 0 Å². The maximum absolute atomic E-state index is 11.3. The summed E-state index contributed by atoms with van der Waals surface area (Å²) >= 11 is 1.51. The normalized spacial score (nSPS) is 13.4. The van der Waals surface area contributed by atoms with E-state index in [9.17, 15) is 15.0 Å². The lowest BCUT2D eigenvalue weighted by Gasteiger charge is -2.28. The molecule has 0 saturated heterocycles. The molecule has 2 atom stereocenters. The summed E-state index contributed by atoms with van der Waals surface area (Å²) in [5.74, 6) is -0.944. The number of aromatic carboxylic acids is 1. The van der Waals surface area contributed by atoms with Gasteiger partial charge in [0.15, 0.2) is 0 Å². The number of carboxylic acid groups (broad SMARTS) is 1. The molecule has 0 aliphatic rings. The fourth-order valence-corrected chi connectivity index (χ4v) is 5.53. The van der Waals surface area contributed by atoms with Gasteiger partial charge in [-0.05, 0) is 73.4 Å². The molecule has 1 unspecified atom stereocenters. The Morgan fingerprint density at radius 3 is 2.47 bits per heavy atom. The van der Waals surface area contributed by atoms with Crippen molar-refractivity contribution in [2.24, 2.45) is 0 Å². The molecule has 38 heavy (non-hydrogen) atoms. The monoisotopic (exact) mass is 529 g/mol. The van der Waals surface area contributed by atoms with Crippen LogP contribution in [-0.4, -0.2) is 41.0 Å². The zero-order valence-electron chi connectivity index (χ0n) is 22.1. The van der Waals surface area contributed by atoms with Crippen molar-refractivity contribution >= 4 is 28.5 Å². The first kappa shape index (κ1) is 27.9. The number of hydrogen-bond acceptors (Lipinski definition) is 5. The quantitative estimate of drug-likeness (QED) is 0.189. The highest BCUT2D eigenvalue weighted by molar-refractivity contribution is 7.99. The molecule has 4 aromatic rings. The number of ether oxygens (including phenoxy) is 1. The number of benzene rings is 4. The molecule has 4 aromatic carbocycles. The Balaban J connectivity index is 1.30. The first-order chi connectivity index (χ1) is 18.2. The van der Waals surface area contributed by atoms with E-state index in [2.05, 4.69) is 61.6 Å². The minimum atomic E-state index is -0.944. The first-order valence-electron chi connectivity index (χ1n) is 12.8. The van der Waals surface area contributed by atoms with Gasteiger partial charge in [0.05, 0.1) is 24.4 Å². The fourth-order valence-electron chi connectivity index (χ4n) is 4.45. The van der Waals surface area contributed by atoms with Crippen molar-refractivity contribution in [3.63, 3.8) is 0 Å². The van der Waals surface area contributed by atoms with Gasteiger partial charge in [-0.15, -0.1) is 0 Å². The molecular formula is C32H35NO4S. The minimum Gasteiger partial charge on any atom is -0.478 e. The Hall–Kier alpha value is -3.16. The highest BCUT2D eigenvalue weighted by Crippen LogP contribution is 2.34. The molecule has 0 heterocycles. The molecule has 0 aliphatic carbocycles. The van der Waals surface area contributed by atoms with Crippen molar-refractivity contribution in [2.75, 3.05) is 13.2 Å². The summed E-state index contributed by atoms with van der Waals surface area (Å²) in [7, 11) is 0. The van der Waals surface area contributed by atoms with E-state index >= 15 is 0 Å². The topological polar surface area (TPSA) is 78.8 Å². The molecular weight excluding hydrogens is 494 g/mol. The summed E-state index contributed by atoms with van der Waals surface area (Å²) in [5, 5.41) is 25.9. The standard InChI is InChI=1S/C32H35NO4S/c1-22(29-13-6-7-14-30(29)38-28-12-8-11-26(18-28)31(35)36)37-21-27(34)20-33-32(2,3)19-23-15-16-24-9-4-5-10-25(24)17-23/h4-18,22,27,33-34H,19-21H2,1-3H3,(H,35,36)/t22?,27-/m1/s1. The third kappa shape index (κ3) is 7.68. The van der Waals surface area contributed by atoms with Crippen LogP contribution in [0.15, 0.2) is 101 Å². The van der Waals surface area contributed by atoms with E-state index in [-0.39, 0.29) is 23.8 Å². The lowest BCUT2D eigenvalue weighted by atomic mass is 9.93. The van der Waals surface area contributed by atoms with Crippen molar-refractivity contribution in [3.8, 4) is 0 Å². The Morgan fingerprint density at radius 1 is 0.947 bits per heavy atom. The summed E-state index contributed by atoms with van der Waals surface area (Å²) < 4.78 is 6.06. The Morgan fingerprint density at radius 2 is 1.68 bits per heavy atom. The minimum absolute atomic E-state index is 0.192. The largest absolute Gasteiger partial charge is 0.478 e. The number of β-amino-alcohol motifs (C(OH)–C–C–N with tert-alkyl or cyclic N) is 1. The second kappa shape index (κ2) is 12.6. The molecule has 4 rings (SSSR count). The lowest BCUT2D eigenvalue weighted by Crippen LogP contribution is -2.46. The van der Waals surface area contributed by atoms with Gasteiger partial charge in [-0.3, -0.25) is 0 Å². The van der Waals surface area contributed by atoms with Crippen molar-refractivity contribution in [2.45, 2.75) is 54.7 Å². The van der Waals surface area contributed by atoms with Crippen LogP contribution in [0.1, 0.15) is 48.4 Å². The van der Waals surface area contributed by atoms with Crippen LogP contribution in [0.5, 0.6) is 0 Å². The van der Waals surface area contributed by atoms with E-state index in [1.54, 1.807) is 18.2 Å². The molecule has 0 aliphatic heterocycles. The molecule has 0 bridgehead atoms. The molecule has 6 heteroatoms. The number of rotatable bonds is 12. The van der Waals surface area contributed by atoms with Gasteiger partial charge < -0.3 is 20.3 Å². The van der Waals surface area contributed by atoms with Crippen molar-refractivity contribution in [3.05, 3.63) is 108 Å². The number of nitrogens with one attached hydrogen (secondary N) is 1. The smallest absolute Gasteiger partial charge is 0.335 e. The summed E-state index contributed by atoms with van der Waals surface area (Å²) in [6, 6.07) is 29.7. The molecule has 0 saturated carbocycles. The fraction of sp³-hybridized carbons (Fsp3) is 0.281. The van der Waals surface area contributed by atoms with Gasteiger partial charge in [0.25, 0.3) is 0 Å². The molecule has 0 radical (unpaired) electrons. The van der Waals surface area contributed by atoms with Crippen LogP contribution < -0.4 is 5.32 Å². The number of aliphatic hydroxyl groups is 1. The van der Waals surface area contributed by atoms with Gasteiger partial charge in [0, 0.05) is 21.9 Å². The lowest BCUT2D eigenvalue weighted by molar-refractivity contribution is -0.00511. The average Bonchev–Trinajstić information content (AvgIpc) is 2.91. The predicted molar refractivity (Wildman–Crippen MR) is 154 cm³/mol. The highest BCUT2D eigenvalue weighted by Gasteiger charge is 2.20. The average molecular weight is 530 g/mol. The number of carbonyl (C=O) groups is 1. The summed E-state index contributed by atoms with van der Waals surface area (Å²) in [6.45, 7) is 6.88. The number of carboxylic acids is 1. The maximum atomic E-state index is 11.3. The highest BCUT2D eigenvalue weighted by atomic mass is 32.2. The summed E-state index contributed by atoms with van der Waals surface area (Å²) in [4.78, 5) is 13.2. The zero-order valence-corrected chi connectivity index (χ0v) is 22.9. The second-order valence-corrected chi connectivity index (χ2v) is 11.3. The van der Waals surface area contributed by atoms with Gasteiger partial charge >= 0.3 is 5.97 Å². The Kier molecular flexibility index (Phi) is 9.23. The van der Waals surface area contributed by atoms with Gasteiger partial charge in [-0.25, -0.2) is 4.79 Å². The number of aliphatic hydroxyl groups excluding tert-OH is 1. The molecule has 198 valence electrons. The SMILES string of the molecule is CC(OC[C@H](O)CNC(C)(C)Cc1ccc2ccccc2c1)c1ccccc1Sc1cccc(C(=O)O)c1. The van der Waals surface area contributed by atoms with Crippen LogP contribution in [-0.2, 0) is 11.2 Å². The van der Waals surface area contributed by atoms with Gasteiger partial charge in [-0.2, -0.15) is 0 Å². The molecule has 0 fully saturated rings. The van der Waals surface area contributed by atoms with Crippen molar-refractivity contribution in [1.82, 2.24) is 5.32 Å². The van der Waals surface area contributed by atoms with Crippen LogP contribution in [0.3, 0.4) is 0 Å². The van der Waals surface area contributed by atoms with Crippen LogP contribution in [0, 0.1) is 0 Å². The van der Waals surface area contributed by atoms with Crippen molar-refractivity contribution < 1.29 is 19.7 Å². The predicted octanol–water partition coefficient (Wildman–Crippen LogP) is 6.74. The van der Waals surface area contributed by atoms with Crippen LogP contribution in [0.25, 0.3) is 10.8 Å². The molecule has 0 amide bonds. The number of fused-ring (bicyclic) bond motifs is 1. The Bertz CT molecular complexity index is 1390. The number of hydrogen-bond donors (Lipinski definition) is 3. The zero-order chi connectivity index (χ0) is 27.1. The molecule has 3 N–H and O–H groups in total. The van der Waals surface area contributed by atoms with E-state index in [1.807, 2.05) is 37.3 Å². The first-order valence-corrected chi connectivity index (χ1v) is 13.6. The van der Waals surface area contributed by atoms with Crippen LogP contribution >= 0.6 is 11.8 Å². The molecule has 0 aromatic heterocycles. The molecule has 5 nitrogen and oxygen atoms in total. The third-order valence-corrected chi connectivity index (χ3v) is 7.56. The van der Waals surface area contributed by atoms with Gasteiger partial charge in [0.2, 0.25) is 0 Å². The third-order valence-electron chi connectivity index (χ3n) is 6.48. The molecule has 0 spiro atoms. The van der Waals surface area contributed by atoms with E-state index in [0.29, 0.717) is 6.54 Å². The van der Waals surface area contributed by atoms with Gasteiger partial charge in [0.1, 0.15) is 0 Å². The van der Waals surface area contributed by atoms with E-state index in [4.69, 9.17) is 4.74 Å². The van der Waals surface area contributed by atoms with Crippen LogP contribution in [0.4, 0.5) is 0 Å². The summed E-state index contributed by atoms with van der Waals surface area (Å²) in [5.41, 5.74) is 2.32. The second-order valence-electron chi connectivity index (χ2n) is 10.2. The van der Waals surface area contributed by atoms with E-state index in [0.717, 1.165) is 21.8 Å². The maximum Gasteiger partial charge on any atom is 0.335 e. The Labute approximate surface area is 228 Å². The van der Waals surface area contributed by atoms with E-state index in [1.165, 1.54) is 28.1 Å². The summed E-state index contributed by atoms with van der Waals surface area (Å²) in [6.07, 6.45) is -0.0443.